The van der Waals surface area contributed by atoms with Crippen LogP contribution in [0.4, 0.5) is 34.1 Å². The van der Waals surface area contributed by atoms with E-state index >= 15 is 0 Å². The average molecular weight is 424 g/mol. The van der Waals surface area contributed by atoms with E-state index in [9.17, 15) is 50.6 Å². The lowest BCUT2D eigenvalue weighted by molar-refractivity contribution is -0.744. The van der Waals surface area contributed by atoms with Crippen LogP contribution in [0.1, 0.15) is 7.43 Å². The normalized spacial score (nSPS) is 9.79. The maximum absolute atomic E-state index is 10.7. The smallest absolute Gasteiger partial charge is 0.387 e. The zero-order chi connectivity index (χ0) is 22.5. The Hall–Kier alpha value is -4.46. The van der Waals surface area contributed by atoms with Gasteiger partial charge in [0, 0.05) is 0 Å². The van der Waals surface area contributed by atoms with Gasteiger partial charge in [0.2, 0.25) is 0 Å². The Kier molecular flexibility index (Phi) is 9.25. The summed E-state index contributed by atoms with van der Waals surface area (Å²) in [5, 5.41) is 51.6. The molecular formula is C9H16N10O10. The van der Waals surface area contributed by atoms with Gasteiger partial charge in [0.15, 0.2) is 23.2 Å². The predicted octanol–water partition coefficient (Wildman–Crippen LogP) is -1.10. The highest BCUT2D eigenvalue weighted by Crippen LogP contribution is 2.48. The molecule has 0 radical (unpaired) electrons. The van der Waals surface area contributed by atoms with Crippen LogP contribution in [0.15, 0.2) is 0 Å². The van der Waals surface area contributed by atoms with Gasteiger partial charge in [-0.25, -0.2) is 0 Å². The number of hydrogen-bond donors (Lipinski definition) is 5. The van der Waals surface area contributed by atoms with Crippen LogP contribution in [-0.2, 0) is 0 Å². The maximum Gasteiger partial charge on any atom is 0.477 e. The summed E-state index contributed by atoms with van der Waals surface area (Å²) in [6, 6.07) is 0. The lowest BCUT2D eigenvalue weighted by atomic mass is 10.1. The van der Waals surface area contributed by atoms with Crippen molar-refractivity contribution in [2.24, 2.45) is 11.5 Å². The van der Waals surface area contributed by atoms with E-state index in [1.807, 2.05) is 0 Å². The van der Waals surface area contributed by atoms with Gasteiger partial charge in [-0.3, -0.25) is 50.6 Å². The summed E-state index contributed by atoms with van der Waals surface area (Å²) in [6.07, 6.45) is -3.68. The molecule has 0 fully saturated rings. The number of anilines is 3. The first kappa shape index (κ1) is 26.8. The summed E-state index contributed by atoms with van der Waals surface area (Å²) in [5.41, 5.74) is 18.9. The van der Waals surface area contributed by atoms with Crippen molar-refractivity contribution < 1.29 is 24.6 Å². The monoisotopic (exact) mass is 424 g/mol. The van der Waals surface area contributed by atoms with Crippen molar-refractivity contribution in [1.82, 2.24) is 0 Å². The van der Waals surface area contributed by atoms with Crippen LogP contribution < -0.4 is 28.7 Å². The van der Waals surface area contributed by atoms with Crippen molar-refractivity contribution in [3.63, 3.8) is 0 Å². The Morgan fingerprint density at radius 3 is 0.862 bits per heavy atom. The summed E-state index contributed by atoms with van der Waals surface area (Å²) in [4.78, 5) is 45.8. The fraction of sp³-hybridized carbons (Fsp3) is 0.333. The van der Waals surface area contributed by atoms with Crippen LogP contribution in [0.2, 0.25) is 0 Å². The molecule has 0 saturated carbocycles. The highest BCUT2D eigenvalue weighted by molar-refractivity contribution is 5.96. The van der Waals surface area contributed by atoms with E-state index in [4.69, 9.17) is 28.7 Å². The van der Waals surface area contributed by atoms with Gasteiger partial charge in [-0.15, -0.1) is 0 Å². The van der Waals surface area contributed by atoms with Crippen molar-refractivity contribution in [2.75, 3.05) is 17.2 Å². The summed E-state index contributed by atoms with van der Waals surface area (Å²) >= 11 is 0. The maximum atomic E-state index is 10.7. The molecule has 0 unspecified atom stereocenters. The SMILES string of the molecule is C.NC(N)C([N+](=O)[O-])[N+](=O)[O-].Nc1c([N+](=O)[O-])c(N)c([N+](=O)[O-])c(N)c1[N+](=O)[O-]. The molecule has 0 amide bonds. The van der Waals surface area contributed by atoms with E-state index in [0.29, 0.717) is 0 Å². The summed E-state index contributed by atoms with van der Waals surface area (Å²) in [5.74, 6) is 0. The molecule has 20 nitrogen and oxygen atoms in total. The van der Waals surface area contributed by atoms with E-state index in [-0.39, 0.29) is 7.43 Å². The lowest BCUT2D eigenvalue weighted by Crippen LogP contribution is -2.51. The van der Waals surface area contributed by atoms with Gasteiger partial charge in [0.1, 0.15) is 0 Å². The van der Waals surface area contributed by atoms with Crippen LogP contribution in [0.25, 0.3) is 0 Å². The van der Waals surface area contributed by atoms with Crippen molar-refractivity contribution in [3.05, 3.63) is 50.6 Å². The van der Waals surface area contributed by atoms with Gasteiger partial charge >= 0.3 is 23.2 Å². The number of rotatable bonds is 6. The minimum absolute atomic E-state index is 0. The summed E-state index contributed by atoms with van der Waals surface area (Å²) < 4.78 is 0. The minimum atomic E-state index is -2.11. The third-order valence-electron chi connectivity index (χ3n) is 2.85. The van der Waals surface area contributed by atoms with Gasteiger partial charge in [0.25, 0.3) is 0 Å². The zero-order valence-corrected chi connectivity index (χ0v) is 13.4. The molecule has 0 spiro atoms. The Morgan fingerprint density at radius 2 is 0.793 bits per heavy atom. The second kappa shape index (κ2) is 10.0. The first-order chi connectivity index (χ1) is 12.7. The summed E-state index contributed by atoms with van der Waals surface area (Å²) in [7, 11) is 0. The molecule has 20 heteroatoms. The van der Waals surface area contributed by atoms with E-state index in [2.05, 4.69) is 0 Å². The number of benzene rings is 1. The molecule has 1 rings (SSSR count). The molecule has 0 aliphatic carbocycles. The molecule has 10 N–H and O–H groups in total. The third-order valence-corrected chi connectivity index (χ3v) is 2.85. The molecule has 162 valence electrons. The molecule has 1 aromatic rings. The molecule has 0 heterocycles. The highest BCUT2D eigenvalue weighted by atomic mass is 16.7. The van der Waals surface area contributed by atoms with Gasteiger partial charge in [-0.1, -0.05) is 7.43 Å². The molecule has 1 aromatic carbocycles. The topological polar surface area (TPSA) is 346 Å². The highest BCUT2D eigenvalue weighted by Gasteiger charge is 2.39. The zero-order valence-electron chi connectivity index (χ0n) is 13.4. The van der Waals surface area contributed by atoms with Crippen molar-refractivity contribution in [2.45, 2.75) is 19.8 Å². The largest absolute Gasteiger partial charge is 0.477 e. The van der Waals surface area contributed by atoms with E-state index < -0.39 is 71.1 Å². The second-order valence-corrected chi connectivity index (χ2v) is 4.62. The van der Waals surface area contributed by atoms with Crippen LogP contribution in [0, 0.1) is 50.6 Å². The first-order valence-corrected chi connectivity index (χ1v) is 6.38. The van der Waals surface area contributed by atoms with Crippen molar-refractivity contribution >= 4 is 34.1 Å². The van der Waals surface area contributed by atoms with Gasteiger partial charge < -0.3 is 28.7 Å². The van der Waals surface area contributed by atoms with Crippen LogP contribution >= 0.6 is 0 Å². The molecular weight excluding hydrogens is 408 g/mol. The summed E-state index contributed by atoms with van der Waals surface area (Å²) in [6.45, 7) is 0. The van der Waals surface area contributed by atoms with E-state index in [0.717, 1.165) is 0 Å². The lowest BCUT2D eigenvalue weighted by Gasteiger charge is -2.06. The molecule has 0 aromatic heterocycles. The van der Waals surface area contributed by atoms with Crippen LogP contribution in [-0.4, -0.2) is 36.9 Å². The fourth-order valence-corrected chi connectivity index (χ4v) is 1.72. The number of nitrogens with zero attached hydrogens (tertiary/aromatic N) is 5. The van der Waals surface area contributed by atoms with Gasteiger partial charge in [-0.05, 0) is 0 Å². The number of nitrogens with two attached hydrogens (primary N) is 5. The minimum Gasteiger partial charge on any atom is -0.387 e. The first-order valence-electron chi connectivity index (χ1n) is 6.38. The molecule has 0 aliphatic heterocycles. The number of nitro benzene ring substituents is 3. The standard InChI is InChI=1S/C6H6N6O6.C2H6N4O4.CH4/c7-1-4(10(13)14)2(8)6(12(17)18)3(9)5(1)11(15)16;3-1(4)2(5(7)8)6(9)10;/h7-9H2;1-2H,3-4H2;1H4. The fourth-order valence-electron chi connectivity index (χ4n) is 1.72. The van der Waals surface area contributed by atoms with Crippen molar-refractivity contribution in [1.29, 1.82) is 0 Å². The Labute approximate surface area is 159 Å². The second-order valence-electron chi connectivity index (χ2n) is 4.62. The Bertz CT molecular complexity index is 739. The number of nitro groups is 5. The van der Waals surface area contributed by atoms with E-state index in [1.165, 1.54) is 0 Å². The molecule has 0 saturated heterocycles. The average Bonchev–Trinajstić information content (AvgIpc) is 2.44. The van der Waals surface area contributed by atoms with Crippen LogP contribution in [0.3, 0.4) is 0 Å². The van der Waals surface area contributed by atoms with Crippen LogP contribution in [0.5, 0.6) is 0 Å². The molecule has 29 heavy (non-hydrogen) atoms. The third kappa shape index (κ3) is 5.76. The molecule has 0 bridgehead atoms. The van der Waals surface area contributed by atoms with Gasteiger partial charge in [0.05, 0.1) is 24.6 Å². The quantitative estimate of drug-likeness (QED) is 0.156. The Morgan fingerprint density at radius 1 is 0.586 bits per heavy atom. The van der Waals surface area contributed by atoms with Crippen molar-refractivity contribution in [3.8, 4) is 0 Å². The predicted molar refractivity (Wildman–Crippen MR) is 96.3 cm³/mol. The Balaban J connectivity index is 0. The molecule has 0 atom stereocenters. The number of nitrogen functional groups attached to an aromatic ring is 3. The number of hydrogen-bond acceptors (Lipinski definition) is 15. The molecule has 0 aliphatic rings. The van der Waals surface area contributed by atoms with Gasteiger partial charge in [-0.2, -0.15) is 0 Å². The van der Waals surface area contributed by atoms with E-state index in [1.54, 1.807) is 0 Å².